The summed E-state index contributed by atoms with van der Waals surface area (Å²) in [5.41, 5.74) is 2.30. The summed E-state index contributed by atoms with van der Waals surface area (Å²) in [5.74, 6) is 0.901. The van der Waals surface area contributed by atoms with Crippen molar-refractivity contribution in [1.29, 1.82) is 0 Å². The van der Waals surface area contributed by atoms with Crippen molar-refractivity contribution in [1.82, 2.24) is 20.4 Å². The second kappa shape index (κ2) is 11.9. The van der Waals surface area contributed by atoms with Crippen LogP contribution in [0.3, 0.4) is 0 Å². The number of nitrogens with one attached hydrogen (secondary N) is 2. The maximum absolute atomic E-state index is 5.98. The molecule has 0 bridgehead atoms. The van der Waals surface area contributed by atoms with Crippen LogP contribution in [0.1, 0.15) is 63.3 Å². The van der Waals surface area contributed by atoms with E-state index in [0.717, 1.165) is 57.3 Å². The van der Waals surface area contributed by atoms with Gasteiger partial charge in [-0.15, -0.1) is 0 Å². The van der Waals surface area contributed by atoms with Gasteiger partial charge in [-0.25, -0.2) is 0 Å². The maximum atomic E-state index is 5.98. The summed E-state index contributed by atoms with van der Waals surface area (Å²) in [6.45, 7) is 10.6. The summed E-state index contributed by atoms with van der Waals surface area (Å²) in [4.78, 5) is 4.66. The highest BCUT2D eigenvalue weighted by molar-refractivity contribution is 5.79. The first-order valence-corrected chi connectivity index (χ1v) is 10.3. The second-order valence-electron chi connectivity index (χ2n) is 7.18. The summed E-state index contributed by atoms with van der Waals surface area (Å²) >= 11 is 0. The van der Waals surface area contributed by atoms with Crippen LogP contribution in [0.2, 0.25) is 0 Å². The number of nitrogens with zero attached hydrogens (tertiary/aromatic N) is 3. The van der Waals surface area contributed by atoms with E-state index >= 15 is 0 Å². The van der Waals surface area contributed by atoms with E-state index in [0.29, 0.717) is 6.10 Å². The summed E-state index contributed by atoms with van der Waals surface area (Å²) in [5, 5.41) is 11.2. The normalized spacial score (nSPS) is 16.0. The SMILES string of the molecule is CCNC(=NCCCn1nc(C)cc1C)NCCCOC1CCCCC1. The summed E-state index contributed by atoms with van der Waals surface area (Å²) < 4.78 is 8.04. The van der Waals surface area contributed by atoms with Gasteiger partial charge in [-0.3, -0.25) is 9.67 Å². The van der Waals surface area contributed by atoms with E-state index in [1.54, 1.807) is 0 Å². The molecule has 1 heterocycles. The highest BCUT2D eigenvalue weighted by atomic mass is 16.5. The highest BCUT2D eigenvalue weighted by Gasteiger charge is 2.12. The third-order valence-electron chi connectivity index (χ3n) is 4.76. The van der Waals surface area contributed by atoms with Crippen molar-refractivity contribution in [3.05, 3.63) is 17.5 Å². The first kappa shape index (κ1) is 20.7. The molecule has 0 aromatic carbocycles. The van der Waals surface area contributed by atoms with Gasteiger partial charge in [-0.1, -0.05) is 19.3 Å². The van der Waals surface area contributed by atoms with Crippen LogP contribution in [0.25, 0.3) is 0 Å². The van der Waals surface area contributed by atoms with E-state index in [-0.39, 0.29) is 0 Å². The molecule has 26 heavy (non-hydrogen) atoms. The Bertz CT molecular complexity index is 534. The van der Waals surface area contributed by atoms with Gasteiger partial charge in [0.25, 0.3) is 0 Å². The average molecular weight is 364 g/mol. The van der Waals surface area contributed by atoms with E-state index in [9.17, 15) is 0 Å². The molecule has 0 spiro atoms. The van der Waals surface area contributed by atoms with Crippen molar-refractivity contribution in [2.24, 2.45) is 4.99 Å². The molecule has 0 atom stereocenters. The Kier molecular flexibility index (Phi) is 9.53. The molecule has 1 aromatic heterocycles. The highest BCUT2D eigenvalue weighted by Crippen LogP contribution is 2.20. The van der Waals surface area contributed by atoms with E-state index in [1.165, 1.54) is 37.8 Å². The maximum Gasteiger partial charge on any atom is 0.191 e. The molecule has 2 rings (SSSR count). The van der Waals surface area contributed by atoms with Crippen LogP contribution in [-0.2, 0) is 11.3 Å². The predicted molar refractivity (Wildman–Crippen MR) is 108 cm³/mol. The van der Waals surface area contributed by atoms with Crippen LogP contribution in [0, 0.1) is 13.8 Å². The lowest BCUT2D eigenvalue weighted by Gasteiger charge is -2.22. The Morgan fingerprint density at radius 3 is 2.73 bits per heavy atom. The lowest BCUT2D eigenvalue weighted by atomic mass is 9.98. The monoisotopic (exact) mass is 363 g/mol. The van der Waals surface area contributed by atoms with Crippen LogP contribution in [0.5, 0.6) is 0 Å². The number of aryl methyl sites for hydroxylation is 3. The molecule has 0 saturated heterocycles. The number of ether oxygens (including phenoxy) is 1. The van der Waals surface area contributed by atoms with Crippen LogP contribution >= 0.6 is 0 Å². The summed E-state index contributed by atoms with van der Waals surface area (Å²) in [7, 11) is 0. The van der Waals surface area contributed by atoms with Gasteiger partial charge >= 0.3 is 0 Å². The number of hydrogen-bond donors (Lipinski definition) is 2. The molecule has 1 aliphatic rings. The third kappa shape index (κ3) is 7.77. The van der Waals surface area contributed by atoms with Gasteiger partial charge < -0.3 is 15.4 Å². The molecule has 1 saturated carbocycles. The average Bonchev–Trinajstić information content (AvgIpc) is 2.96. The fourth-order valence-electron chi connectivity index (χ4n) is 3.42. The number of aliphatic imine (C=N–C) groups is 1. The summed E-state index contributed by atoms with van der Waals surface area (Å²) in [6, 6.07) is 2.12. The zero-order valence-corrected chi connectivity index (χ0v) is 16.9. The molecule has 1 aliphatic carbocycles. The first-order valence-electron chi connectivity index (χ1n) is 10.3. The van der Waals surface area contributed by atoms with Crippen molar-refractivity contribution in [3.63, 3.8) is 0 Å². The predicted octanol–water partition coefficient (Wildman–Crippen LogP) is 3.18. The van der Waals surface area contributed by atoms with Gasteiger partial charge in [0.2, 0.25) is 0 Å². The fourth-order valence-corrected chi connectivity index (χ4v) is 3.42. The lowest BCUT2D eigenvalue weighted by molar-refractivity contribution is 0.0277. The van der Waals surface area contributed by atoms with Crippen LogP contribution in [0.4, 0.5) is 0 Å². The fraction of sp³-hybridized carbons (Fsp3) is 0.800. The van der Waals surface area contributed by atoms with Gasteiger partial charge in [0.15, 0.2) is 5.96 Å². The van der Waals surface area contributed by atoms with Crippen LogP contribution in [0.15, 0.2) is 11.1 Å². The lowest BCUT2D eigenvalue weighted by Crippen LogP contribution is -2.38. The van der Waals surface area contributed by atoms with Gasteiger partial charge in [-0.2, -0.15) is 5.10 Å². The molecule has 2 N–H and O–H groups in total. The smallest absolute Gasteiger partial charge is 0.191 e. The zero-order chi connectivity index (χ0) is 18.6. The number of guanidine groups is 1. The quantitative estimate of drug-likeness (QED) is 0.381. The van der Waals surface area contributed by atoms with E-state index < -0.39 is 0 Å². The number of rotatable bonds is 10. The number of hydrogen-bond acceptors (Lipinski definition) is 3. The van der Waals surface area contributed by atoms with E-state index in [4.69, 9.17) is 4.74 Å². The first-order chi connectivity index (χ1) is 12.7. The molecular weight excluding hydrogens is 326 g/mol. The Morgan fingerprint density at radius 1 is 1.23 bits per heavy atom. The van der Waals surface area contributed by atoms with Gasteiger partial charge in [-0.05, 0) is 52.5 Å². The molecule has 0 amide bonds. The van der Waals surface area contributed by atoms with Gasteiger partial charge in [0, 0.05) is 38.5 Å². The minimum atomic E-state index is 0.500. The topological polar surface area (TPSA) is 63.5 Å². The second-order valence-corrected chi connectivity index (χ2v) is 7.18. The van der Waals surface area contributed by atoms with Gasteiger partial charge in [0.1, 0.15) is 0 Å². The molecule has 0 aliphatic heterocycles. The molecule has 1 aromatic rings. The van der Waals surface area contributed by atoms with Crippen molar-refractivity contribution in [2.45, 2.75) is 78.4 Å². The van der Waals surface area contributed by atoms with Crippen molar-refractivity contribution < 1.29 is 4.74 Å². The van der Waals surface area contributed by atoms with Crippen molar-refractivity contribution in [3.8, 4) is 0 Å². The Morgan fingerprint density at radius 2 is 2.04 bits per heavy atom. The standard InChI is InChI=1S/C20H37N5O/c1-4-21-20(22-12-8-14-25-18(3)16-17(2)24-25)23-13-9-15-26-19-10-6-5-7-11-19/h16,19H,4-15H2,1-3H3,(H2,21,22,23). The van der Waals surface area contributed by atoms with E-state index in [1.807, 2.05) is 6.92 Å². The molecule has 0 radical (unpaired) electrons. The number of aromatic nitrogens is 2. The molecule has 1 fully saturated rings. The molecule has 0 unspecified atom stereocenters. The third-order valence-corrected chi connectivity index (χ3v) is 4.76. The molecule has 6 heteroatoms. The van der Waals surface area contributed by atoms with Crippen LogP contribution < -0.4 is 10.6 Å². The zero-order valence-electron chi connectivity index (χ0n) is 16.9. The largest absolute Gasteiger partial charge is 0.378 e. The van der Waals surface area contributed by atoms with Crippen LogP contribution in [-0.4, -0.2) is 48.1 Å². The molecule has 6 nitrogen and oxygen atoms in total. The minimum Gasteiger partial charge on any atom is -0.378 e. The Balaban J connectivity index is 1.60. The Hall–Kier alpha value is -1.56. The minimum absolute atomic E-state index is 0.500. The summed E-state index contributed by atoms with van der Waals surface area (Å²) in [6.07, 6.45) is 9.04. The van der Waals surface area contributed by atoms with E-state index in [2.05, 4.69) is 45.3 Å². The van der Waals surface area contributed by atoms with Gasteiger partial charge in [0.05, 0.1) is 11.8 Å². The molecule has 148 valence electrons. The van der Waals surface area contributed by atoms with Crippen molar-refractivity contribution >= 4 is 5.96 Å². The molecular formula is C20H37N5O. The Labute approximate surface area is 158 Å². The van der Waals surface area contributed by atoms with Crippen molar-refractivity contribution in [2.75, 3.05) is 26.2 Å².